The number of hydrogen-bond donors (Lipinski definition) is 1. The molecule has 0 fully saturated rings. The first-order valence-corrected chi connectivity index (χ1v) is 9.24. The maximum Gasteiger partial charge on any atom is 0.349 e. The van der Waals surface area contributed by atoms with Gasteiger partial charge in [0, 0.05) is 0 Å². The highest BCUT2D eigenvalue weighted by atomic mass is 32.2. The Morgan fingerprint density at radius 3 is 2.12 bits per heavy atom. The van der Waals surface area contributed by atoms with Gasteiger partial charge in [-0.15, -0.1) is 0 Å². The summed E-state index contributed by atoms with van der Waals surface area (Å²) in [5.41, 5.74) is 1.18. The van der Waals surface area contributed by atoms with Crippen LogP contribution in [0.4, 0.5) is 0 Å². The fourth-order valence-electron chi connectivity index (χ4n) is 2.11. The van der Waals surface area contributed by atoms with Gasteiger partial charge in [0.1, 0.15) is 11.5 Å². The molecule has 7 heteroatoms. The Morgan fingerprint density at radius 1 is 1.04 bits per heavy atom. The lowest BCUT2D eigenvalue weighted by Gasteiger charge is -2.10. The van der Waals surface area contributed by atoms with Crippen molar-refractivity contribution in [3.05, 3.63) is 54.1 Å². The summed E-state index contributed by atoms with van der Waals surface area (Å²) in [5.74, 6) is 0.591. The van der Waals surface area contributed by atoms with E-state index in [4.69, 9.17) is 14.0 Å². The van der Waals surface area contributed by atoms with Crippen molar-refractivity contribution in [1.82, 2.24) is 0 Å². The van der Waals surface area contributed by atoms with Crippen molar-refractivity contribution < 1.29 is 27.2 Å². The zero-order valence-corrected chi connectivity index (χ0v) is 14.8. The third kappa shape index (κ3) is 5.58. The molecule has 0 aliphatic rings. The predicted octanol–water partition coefficient (Wildman–Crippen LogP) is 3.43. The molecule has 134 valence electrons. The van der Waals surface area contributed by atoms with Gasteiger partial charge in [-0.05, 0) is 54.3 Å². The molecule has 0 saturated carbocycles. The Balaban J connectivity index is 1.88. The lowest BCUT2D eigenvalue weighted by atomic mass is 9.99. The highest BCUT2D eigenvalue weighted by Crippen LogP contribution is 2.21. The molecule has 2 rings (SSSR count). The molecular weight excluding hydrogens is 344 g/mol. The summed E-state index contributed by atoms with van der Waals surface area (Å²) in [7, 11) is -4.25. The average Bonchev–Trinajstić information content (AvgIpc) is 2.59. The van der Waals surface area contributed by atoms with Crippen LogP contribution in [0, 0.1) is 0 Å². The van der Waals surface area contributed by atoms with E-state index in [9.17, 15) is 13.2 Å². The lowest BCUT2D eigenvalue weighted by Crippen LogP contribution is -2.17. The van der Waals surface area contributed by atoms with Crippen LogP contribution in [0.3, 0.4) is 0 Å². The van der Waals surface area contributed by atoms with Crippen LogP contribution in [0.25, 0.3) is 0 Å². The minimum absolute atomic E-state index is 0.246. The topological polar surface area (TPSA) is 89.9 Å². The third-order valence-corrected chi connectivity index (χ3v) is 4.64. The SMILES string of the molecule is CCC(C)c1ccc(OC(=O)COc2ccc(S(=O)(=O)O)cc2)cc1. The van der Waals surface area contributed by atoms with Crippen LogP contribution in [-0.2, 0) is 14.9 Å². The van der Waals surface area contributed by atoms with Crippen LogP contribution < -0.4 is 9.47 Å². The number of carbonyl (C=O) groups is 1. The molecule has 0 amide bonds. The molecule has 2 aromatic carbocycles. The van der Waals surface area contributed by atoms with E-state index in [1.165, 1.54) is 29.8 Å². The van der Waals surface area contributed by atoms with Gasteiger partial charge >= 0.3 is 5.97 Å². The Labute approximate surface area is 147 Å². The van der Waals surface area contributed by atoms with Gasteiger partial charge in [-0.1, -0.05) is 26.0 Å². The first-order chi connectivity index (χ1) is 11.8. The monoisotopic (exact) mass is 364 g/mol. The van der Waals surface area contributed by atoms with Crippen molar-refractivity contribution in [2.75, 3.05) is 6.61 Å². The van der Waals surface area contributed by atoms with Crippen LogP contribution in [-0.4, -0.2) is 25.5 Å². The van der Waals surface area contributed by atoms with Crippen molar-refractivity contribution in [3.63, 3.8) is 0 Å². The van der Waals surface area contributed by atoms with E-state index in [1.54, 1.807) is 12.1 Å². The molecule has 0 heterocycles. The summed E-state index contributed by atoms with van der Waals surface area (Å²) < 4.78 is 41.2. The van der Waals surface area contributed by atoms with Gasteiger partial charge in [0.05, 0.1) is 4.90 Å². The summed E-state index contributed by atoms with van der Waals surface area (Å²) in [5, 5.41) is 0. The van der Waals surface area contributed by atoms with Gasteiger partial charge in [-0.3, -0.25) is 4.55 Å². The van der Waals surface area contributed by atoms with Gasteiger partial charge in [0.2, 0.25) is 0 Å². The second-order valence-corrected chi connectivity index (χ2v) is 7.01. The number of ether oxygens (including phenoxy) is 2. The van der Waals surface area contributed by atoms with Crippen LogP contribution in [0.15, 0.2) is 53.4 Å². The molecule has 6 nitrogen and oxygen atoms in total. The molecule has 0 radical (unpaired) electrons. The molecule has 0 saturated heterocycles. The Hall–Kier alpha value is -2.38. The Kier molecular flexibility index (Phi) is 6.17. The summed E-state index contributed by atoms with van der Waals surface area (Å²) in [6.45, 7) is 3.92. The number of hydrogen-bond acceptors (Lipinski definition) is 5. The van der Waals surface area contributed by atoms with E-state index in [2.05, 4.69) is 13.8 Å². The minimum Gasteiger partial charge on any atom is -0.482 e. The summed E-state index contributed by atoms with van der Waals surface area (Å²) in [6.07, 6.45) is 1.03. The van der Waals surface area contributed by atoms with E-state index < -0.39 is 16.1 Å². The first-order valence-electron chi connectivity index (χ1n) is 7.80. The summed E-state index contributed by atoms with van der Waals surface area (Å²) in [4.78, 5) is 11.6. The normalized spacial score (nSPS) is 12.4. The zero-order chi connectivity index (χ0) is 18.4. The van der Waals surface area contributed by atoms with E-state index in [1.807, 2.05) is 12.1 Å². The predicted molar refractivity (Wildman–Crippen MR) is 92.5 cm³/mol. The van der Waals surface area contributed by atoms with E-state index in [0.717, 1.165) is 6.42 Å². The Bertz CT molecular complexity index is 810. The third-order valence-electron chi connectivity index (χ3n) is 3.77. The van der Waals surface area contributed by atoms with E-state index in [0.29, 0.717) is 11.7 Å². The molecule has 25 heavy (non-hydrogen) atoms. The lowest BCUT2D eigenvalue weighted by molar-refractivity contribution is -0.136. The van der Waals surface area contributed by atoms with Crippen molar-refractivity contribution in [3.8, 4) is 11.5 Å². The number of esters is 1. The molecule has 0 bridgehead atoms. The molecule has 2 aromatic rings. The molecular formula is C18H20O6S. The van der Waals surface area contributed by atoms with Gasteiger partial charge in [-0.2, -0.15) is 8.42 Å². The van der Waals surface area contributed by atoms with Crippen LogP contribution in [0.5, 0.6) is 11.5 Å². The second-order valence-electron chi connectivity index (χ2n) is 5.59. The van der Waals surface area contributed by atoms with Crippen molar-refractivity contribution >= 4 is 16.1 Å². The maximum absolute atomic E-state index is 11.8. The van der Waals surface area contributed by atoms with Crippen LogP contribution in [0.1, 0.15) is 31.7 Å². The summed E-state index contributed by atoms with van der Waals surface area (Å²) in [6, 6.07) is 12.4. The van der Waals surface area contributed by atoms with Gasteiger partial charge in [0.15, 0.2) is 6.61 Å². The van der Waals surface area contributed by atoms with Crippen molar-refractivity contribution in [2.45, 2.75) is 31.1 Å². The minimum atomic E-state index is -4.25. The number of rotatable bonds is 7. The van der Waals surface area contributed by atoms with Crippen molar-refractivity contribution in [2.24, 2.45) is 0 Å². The Morgan fingerprint density at radius 2 is 1.60 bits per heavy atom. The first kappa shape index (κ1) is 19.0. The van der Waals surface area contributed by atoms with E-state index in [-0.39, 0.29) is 17.3 Å². The smallest absolute Gasteiger partial charge is 0.349 e. The highest BCUT2D eigenvalue weighted by Gasteiger charge is 2.11. The van der Waals surface area contributed by atoms with Crippen LogP contribution >= 0.6 is 0 Å². The highest BCUT2D eigenvalue weighted by molar-refractivity contribution is 7.85. The number of benzene rings is 2. The fraction of sp³-hybridized carbons (Fsp3) is 0.278. The zero-order valence-electron chi connectivity index (χ0n) is 14.0. The molecule has 1 N–H and O–H groups in total. The fourth-order valence-corrected chi connectivity index (χ4v) is 2.59. The second kappa shape index (κ2) is 8.13. The number of carbonyl (C=O) groups excluding carboxylic acids is 1. The summed E-state index contributed by atoms with van der Waals surface area (Å²) >= 11 is 0. The average molecular weight is 364 g/mol. The molecule has 0 aliphatic heterocycles. The van der Waals surface area contributed by atoms with Gasteiger partial charge in [0.25, 0.3) is 10.1 Å². The van der Waals surface area contributed by atoms with Gasteiger partial charge < -0.3 is 9.47 Å². The molecule has 0 aliphatic carbocycles. The largest absolute Gasteiger partial charge is 0.482 e. The van der Waals surface area contributed by atoms with Gasteiger partial charge in [-0.25, -0.2) is 4.79 Å². The van der Waals surface area contributed by atoms with Crippen molar-refractivity contribution in [1.29, 1.82) is 0 Å². The maximum atomic E-state index is 11.8. The standard InChI is InChI=1S/C18H20O6S/c1-3-13(2)14-4-6-16(7-5-14)24-18(19)12-23-15-8-10-17(11-9-15)25(20,21)22/h4-11,13H,3,12H2,1-2H3,(H,20,21,22). The quantitative estimate of drug-likeness (QED) is 0.460. The molecule has 0 spiro atoms. The molecule has 1 unspecified atom stereocenters. The molecule has 1 atom stereocenters. The van der Waals surface area contributed by atoms with E-state index >= 15 is 0 Å². The van der Waals surface area contributed by atoms with Crippen LogP contribution in [0.2, 0.25) is 0 Å². The molecule has 0 aromatic heterocycles.